The van der Waals surface area contributed by atoms with Gasteiger partial charge in [0.15, 0.2) is 0 Å². The van der Waals surface area contributed by atoms with E-state index >= 15 is 0 Å². The van der Waals surface area contributed by atoms with Gasteiger partial charge in [-0.25, -0.2) is 0 Å². The first kappa shape index (κ1) is 14.3. The van der Waals surface area contributed by atoms with Crippen LogP contribution in [-0.2, 0) is 0 Å². The molecule has 0 aromatic carbocycles. The summed E-state index contributed by atoms with van der Waals surface area (Å²) in [6.07, 6.45) is 8.32. The van der Waals surface area contributed by atoms with Gasteiger partial charge in [0.1, 0.15) is 0 Å². The molecule has 4 nitrogen and oxygen atoms in total. The SMILES string of the molecule is NCC1(NCCCCCO)CCN2CCCC2C1. The maximum absolute atomic E-state index is 8.77. The number of nitrogens with zero attached hydrogens (tertiary/aromatic N) is 1. The lowest BCUT2D eigenvalue weighted by atomic mass is 9.83. The monoisotopic (exact) mass is 255 g/mol. The molecule has 0 amide bonds. The molecule has 2 aliphatic rings. The van der Waals surface area contributed by atoms with Crippen molar-refractivity contribution in [2.75, 3.05) is 32.8 Å². The van der Waals surface area contributed by atoms with Crippen molar-refractivity contribution >= 4 is 0 Å². The Morgan fingerprint density at radius 2 is 2.17 bits per heavy atom. The molecule has 4 N–H and O–H groups in total. The van der Waals surface area contributed by atoms with Crippen LogP contribution in [0.25, 0.3) is 0 Å². The van der Waals surface area contributed by atoms with Crippen LogP contribution in [-0.4, -0.2) is 54.4 Å². The van der Waals surface area contributed by atoms with E-state index in [2.05, 4.69) is 10.2 Å². The van der Waals surface area contributed by atoms with Crippen LogP contribution in [0.5, 0.6) is 0 Å². The molecule has 2 heterocycles. The van der Waals surface area contributed by atoms with Gasteiger partial charge >= 0.3 is 0 Å². The predicted molar refractivity (Wildman–Crippen MR) is 74.6 cm³/mol. The fourth-order valence-electron chi connectivity index (χ4n) is 3.52. The number of piperidine rings is 1. The Morgan fingerprint density at radius 1 is 1.28 bits per heavy atom. The van der Waals surface area contributed by atoms with Crippen molar-refractivity contribution in [2.24, 2.45) is 5.73 Å². The topological polar surface area (TPSA) is 61.5 Å². The molecule has 2 aliphatic heterocycles. The average molecular weight is 255 g/mol. The first-order valence-electron chi connectivity index (χ1n) is 7.60. The Kier molecular flexibility index (Phi) is 5.42. The number of aliphatic hydroxyl groups is 1. The predicted octanol–water partition coefficient (Wildman–Crippen LogP) is 0.694. The van der Waals surface area contributed by atoms with E-state index in [-0.39, 0.29) is 5.54 Å². The number of unbranched alkanes of at least 4 members (excludes halogenated alkanes) is 2. The number of hydrogen-bond acceptors (Lipinski definition) is 4. The molecule has 2 fully saturated rings. The quantitative estimate of drug-likeness (QED) is 0.586. The van der Waals surface area contributed by atoms with Gasteiger partial charge in [0.25, 0.3) is 0 Å². The first-order chi connectivity index (χ1) is 8.79. The van der Waals surface area contributed by atoms with Crippen LogP contribution < -0.4 is 11.1 Å². The van der Waals surface area contributed by atoms with Gasteiger partial charge in [0.2, 0.25) is 0 Å². The molecule has 2 atom stereocenters. The number of hydrogen-bond donors (Lipinski definition) is 3. The summed E-state index contributed by atoms with van der Waals surface area (Å²) in [5.74, 6) is 0. The van der Waals surface area contributed by atoms with Gasteiger partial charge in [-0.05, 0) is 58.0 Å². The summed E-state index contributed by atoms with van der Waals surface area (Å²) in [5.41, 5.74) is 6.23. The molecule has 4 heteroatoms. The van der Waals surface area contributed by atoms with Crippen molar-refractivity contribution in [3.05, 3.63) is 0 Å². The zero-order valence-corrected chi connectivity index (χ0v) is 11.5. The van der Waals surface area contributed by atoms with Gasteiger partial charge in [-0.3, -0.25) is 0 Å². The molecule has 0 bridgehead atoms. The van der Waals surface area contributed by atoms with Crippen LogP contribution in [0, 0.1) is 0 Å². The minimum atomic E-state index is 0.185. The van der Waals surface area contributed by atoms with Crippen molar-refractivity contribution in [3.63, 3.8) is 0 Å². The van der Waals surface area contributed by atoms with Crippen LogP contribution in [0.1, 0.15) is 44.9 Å². The highest BCUT2D eigenvalue weighted by Gasteiger charge is 2.40. The lowest BCUT2D eigenvalue weighted by Gasteiger charge is -2.44. The van der Waals surface area contributed by atoms with Gasteiger partial charge in [-0.2, -0.15) is 0 Å². The normalized spacial score (nSPS) is 32.7. The zero-order valence-electron chi connectivity index (χ0n) is 11.5. The third-order valence-electron chi connectivity index (χ3n) is 4.73. The van der Waals surface area contributed by atoms with E-state index in [1.165, 1.54) is 38.8 Å². The van der Waals surface area contributed by atoms with Gasteiger partial charge in [-0.1, -0.05) is 0 Å². The summed E-state index contributed by atoms with van der Waals surface area (Å²) in [6.45, 7) is 4.63. The molecule has 2 unspecified atom stereocenters. The summed E-state index contributed by atoms with van der Waals surface area (Å²) in [4.78, 5) is 2.64. The molecule has 0 spiro atoms. The van der Waals surface area contributed by atoms with E-state index in [1.54, 1.807) is 0 Å². The molecule has 2 rings (SSSR count). The summed E-state index contributed by atoms with van der Waals surface area (Å²) >= 11 is 0. The minimum Gasteiger partial charge on any atom is -0.396 e. The van der Waals surface area contributed by atoms with Crippen molar-refractivity contribution in [3.8, 4) is 0 Å². The van der Waals surface area contributed by atoms with Crippen LogP contribution in [0.3, 0.4) is 0 Å². The van der Waals surface area contributed by atoms with Crippen LogP contribution in [0.15, 0.2) is 0 Å². The van der Waals surface area contributed by atoms with E-state index in [4.69, 9.17) is 10.8 Å². The van der Waals surface area contributed by atoms with Crippen LogP contribution in [0.4, 0.5) is 0 Å². The molecule has 0 radical (unpaired) electrons. The molecule has 0 aromatic heterocycles. The number of nitrogens with two attached hydrogens (primary N) is 1. The van der Waals surface area contributed by atoms with Gasteiger partial charge in [0, 0.05) is 31.3 Å². The molecule has 0 aromatic rings. The lowest BCUT2D eigenvalue weighted by Crippen LogP contribution is -2.59. The van der Waals surface area contributed by atoms with Gasteiger partial charge < -0.3 is 21.1 Å². The molecule has 106 valence electrons. The van der Waals surface area contributed by atoms with Gasteiger partial charge in [-0.15, -0.1) is 0 Å². The highest BCUT2D eigenvalue weighted by Crippen LogP contribution is 2.32. The van der Waals surface area contributed by atoms with E-state index in [9.17, 15) is 0 Å². The van der Waals surface area contributed by atoms with Crippen molar-refractivity contribution in [1.29, 1.82) is 0 Å². The number of aliphatic hydroxyl groups excluding tert-OH is 1. The van der Waals surface area contributed by atoms with Crippen LogP contribution in [0.2, 0.25) is 0 Å². The Balaban J connectivity index is 1.75. The second kappa shape index (κ2) is 6.85. The zero-order chi connectivity index (χ0) is 12.8. The van der Waals surface area contributed by atoms with Crippen LogP contribution >= 0.6 is 0 Å². The number of nitrogens with one attached hydrogen (secondary N) is 1. The highest BCUT2D eigenvalue weighted by atomic mass is 16.2. The third-order valence-corrected chi connectivity index (χ3v) is 4.73. The second-order valence-corrected chi connectivity index (χ2v) is 5.98. The van der Waals surface area contributed by atoms with E-state index in [0.717, 1.165) is 38.4 Å². The van der Waals surface area contributed by atoms with Crippen molar-refractivity contribution < 1.29 is 5.11 Å². The number of rotatable bonds is 7. The summed E-state index contributed by atoms with van der Waals surface area (Å²) < 4.78 is 0. The van der Waals surface area contributed by atoms with Crippen molar-refractivity contribution in [1.82, 2.24) is 10.2 Å². The third kappa shape index (κ3) is 3.44. The minimum absolute atomic E-state index is 0.185. The molecule has 18 heavy (non-hydrogen) atoms. The molecule has 0 aliphatic carbocycles. The van der Waals surface area contributed by atoms with E-state index in [1.807, 2.05) is 0 Å². The maximum atomic E-state index is 8.77. The average Bonchev–Trinajstić information content (AvgIpc) is 2.85. The molecular weight excluding hydrogens is 226 g/mol. The molecule has 2 saturated heterocycles. The van der Waals surface area contributed by atoms with E-state index in [0.29, 0.717) is 6.61 Å². The fourth-order valence-corrected chi connectivity index (χ4v) is 3.52. The van der Waals surface area contributed by atoms with Crippen molar-refractivity contribution in [2.45, 2.75) is 56.5 Å². The smallest absolute Gasteiger partial charge is 0.0431 e. The molecule has 0 saturated carbocycles. The highest BCUT2D eigenvalue weighted by molar-refractivity contribution is 5.00. The Labute approximate surface area is 111 Å². The summed E-state index contributed by atoms with van der Waals surface area (Å²) in [5, 5.41) is 12.5. The molecular formula is C14H29N3O. The lowest BCUT2D eigenvalue weighted by molar-refractivity contribution is 0.110. The van der Waals surface area contributed by atoms with E-state index < -0.39 is 0 Å². The Morgan fingerprint density at radius 3 is 2.94 bits per heavy atom. The standard InChI is InChI=1S/C14H29N3O/c15-12-14(16-7-2-1-3-10-18)6-9-17-8-4-5-13(17)11-14/h13,16,18H,1-12,15H2. The Bertz CT molecular complexity index is 249. The number of fused-ring (bicyclic) bond motifs is 1. The first-order valence-corrected chi connectivity index (χ1v) is 7.60. The fraction of sp³-hybridized carbons (Fsp3) is 1.00. The summed E-state index contributed by atoms with van der Waals surface area (Å²) in [6, 6.07) is 0.771. The van der Waals surface area contributed by atoms with Gasteiger partial charge in [0.05, 0.1) is 0 Å². The summed E-state index contributed by atoms with van der Waals surface area (Å²) in [7, 11) is 0. The maximum Gasteiger partial charge on any atom is 0.0431 e. The Hall–Kier alpha value is -0.160. The largest absolute Gasteiger partial charge is 0.396 e. The second-order valence-electron chi connectivity index (χ2n) is 5.98.